The van der Waals surface area contributed by atoms with Crippen molar-refractivity contribution in [2.75, 3.05) is 32.5 Å². The third-order valence-electron chi connectivity index (χ3n) is 6.68. The molecule has 39 heavy (non-hydrogen) atoms. The highest BCUT2D eigenvalue weighted by atomic mass is 16.5. The predicted octanol–water partition coefficient (Wildman–Crippen LogP) is 2.54. The highest BCUT2D eigenvalue weighted by Crippen LogP contribution is 2.48. The molecule has 2 N–H and O–H groups in total. The van der Waals surface area contributed by atoms with Gasteiger partial charge in [0, 0.05) is 37.3 Å². The van der Waals surface area contributed by atoms with Gasteiger partial charge in [-0.05, 0) is 46.2 Å². The van der Waals surface area contributed by atoms with Crippen molar-refractivity contribution >= 4 is 29.6 Å². The number of nitrogen functional groups attached to an aromatic ring is 1. The smallest absolute Gasteiger partial charge is 0.293 e. The van der Waals surface area contributed by atoms with Crippen LogP contribution in [0.5, 0.6) is 0 Å². The highest BCUT2D eigenvalue weighted by molar-refractivity contribution is 6.00. The lowest BCUT2D eigenvalue weighted by Gasteiger charge is -2.36. The van der Waals surface area contributed by atoms with E-state index < -0.39 is 0 Å². The SMILES string of the molecule is CN1CC(c2cnc(-c3c(-c4nn(C(C)(C)C)c5ncnc(N)c45)noc3C3CC3)nc2)C1.O=CCOC=O. The van der Waals surface area contributed by atoms with E-state index in [1.807, 2.05) is 17.1 Å². The molecule has 4 aromatic heterocycles. The molecule has 204 valence electrons. The van der Waals surface area contributed by atoms with E-state index in [-0.39, 0.29) is 18.6 Å². The van der Waals surface area contributed by atoms with Crippen molar-refractivity contribution < 1.29 is 18.8 Å². The van der Waals surface area contributed by atoms with Gasteiger partial charge in [-0.15, -0.1) is 0 Å². The standard InChI is InChI=1S/C23H27N9O.C3H4O3/c1-23(2,3)32-22-16(20(24)27-11-28-22)17(29-32)18-15(19(33-30-18)12-5-6-12)21-25-7-13(8-26-21)14-9-31(4)10-14;4-1-2-6-3-5/h7-8,11-12,14H,5-6,9-10H2,1-4H3,(H2,24,27,28);1,3H,2H2. The van der Waals surface area contributed by atoms with Crippen LogP contribution >= 0.6 is 0 Å². The second-order valence-electron chi connectivity index (χ2n) is 10.8. The number of nitrogens with zero attached hydrogens (tertiary/aromatic N) is 8. The Bertz CT molecular complexity index is 1470. The van der Waals surface area contributed by atoms with Gasteiger partial charge >= 0.3 is 0 Å². The number of ether oxygens (including phenoxy) is 1. The summed E-state index contributed by atoms with van der Waals surface area (Å²) < 4.78 is 11.7. The van der Waals surface area contributed by atoms with Gasteiger partial charge in [0.25, 0.3) is 6.47 Å². The molecule has 4 aromatic rings. The first-order valence-corrected chi connectivity index (χ1v) is 12.7. The third kappa shape index (κ3) is 5.21. The number of fused-ring (bicyclic) bond motifs is 1. The largest absolute Gasteiger partial charge is 0.460 e. The van der Waals surface area contributed by atoms with Crippen molar-refractivity contribution in [3.8, 4) is 22.8 Å². The number of rotatable bonds is 7. The highest BCUT2D eigenvalue weighted by Gasteiger charge is 2.36. The van der Waals surface area contributed by atoms with Gasteiger partial charge < -0.3 is 19.9 Å². The van der Waals surface area contributed by atoms with Crippen molar-refractivity contribution in [3.63, 3.8) is 0 Å². The van der Waals surface area contributed by atoms with Gasteiger partial charge in [0.05, 0.1) is 16.5 Å². The normalized spacial score (nSPS) is 15.9. The molecular formula is C26H31N9O4. The monoisotopic (exact) mass is 533 g/mol. The van der Waals surface area contributed by atoms with Crippen LogP contribution in [0.2, 0.25) is 0 Å². The molecule has 0 bridgehead atoms. The number of hydrogen-bond acceptors (Lipinski definition) is 12. The summed E-state index contributed by atoms with van der Waals surface area (Å²) in [4.78, 5) is 38.9. The average Bonchev–Trinajstić information content (AvgIpc) is 3.51. The Morgan fingerprint density at radius 3 is 2.36 bits per heavy atom. The van der Waals surface area contributed by atoms with E-state index in [0.717, 1.165) is 42.8 Å². The first-order valence-electron chi connectivity index (χ1n) is 12.7. The number of likely N-dealkylation sites (tertiary alicyclic amines) is 1. The van der Waals surface area contributed by atoms with Gasteiger partial charge in [-0.1, -0.05) is 5.16 Å². The summed E-state index contributed by atoms with van der Waals surface area (Å²) in [6.45, 7) is 8.37. The summed E-state index contributed by atoms with van der Waals surface area (Å²) in [5.41, 5.74) is 9.79. The van der Waals surface area contributed by atoms with Gasteiger partial charge in [0.2, 0.25) is 0 Å². The molecule has 1 aliphatic heterocycles. The molecule has 1 saturated heterocycles. The maximum atomic E-state index is 9.28. The number of aldehydes is 1. The summed E-state index contributed by atoms with van der Waals surface area (Å²) in [6, 6.07) is 0. The topological polar surface area (TPSA) is 168 Å². The van der Waals surface area contributed by atoms with Gasteiger partial charge in [0.1, 0.15) is 30.1 Å². The maximum absolute atomic E-state index is 9.28. The first-order chi connectivity index (χ1) is 18.7. The van der Waals surface area contributed by atoms with Crippen LogP contribution in [0, 0.1) is 0 Å². The van der Waals surface area contributed by atoms with Gasteiger partial charge in [-0.2, -0.15) is 5.10 Å². The Morgan fingerprint density at radius 1 is 1.08 bits per heavy atom. The minimum Gasteiger partial charge on any atom is -0.460 e. The molecule has 1 aliphatic carbocycles. The number of aromatic nitrogens is 7. The fourth-order valence-electron chi connectivity index (χ4n) is 4.58. The lowest BCUT2D eigenvalue weighted by molar-refractivity contribution is -0.132. The Hall–Kier alpha value is -4.26. The molecule has 0 aromatic carbocycles. The molecule has 0 atom stereocenters. The zero-order valence-electron chi connectivity index (χ0n) is 22.4. The van der Waals surface area contributed by atoms with Crippen molar-refractivity contribution in [2.45, 2.75) is 51.0 Å². The summed E-state index contributed by atoms with van der Waals surface area (Å²) >= 11 is 0. The zero-order chi connectivity index (χ0) is 27.7. The van der Waals surface area contributed by atoms with Crippen LogP contribution in [0.25, 0.3) is 33.8 Å². The van der Waals surface area contributed by atoms with Crippen LogP contribution in [-0.2, 0) is 19.9 Å². The molecule has 5 heterocycles. The molecule has 13 heteroatoms. The number of likely N-dealkylation sites (N-methyl/N-ethyl adjacent to an activating group) is 1. The summed E-state index contributed by atoms with van der Waals surface area (Å²) in [5, 5.41) is 10.0. The van der Waals surface area contributed by atoms with Gasteiger partial charge in [-0.3, -0.25) is 9.59 Å². The van der Waals surface area contributed by atoms with Crippen LogP contribution in [0.15, 0.2) is 23.2 Å². The minimum atomic E-state index is -0.311. The van der Waals surface area contributed by atoms with Gasteiger partial charge in [0.15, 0.2) is 23.5 Å². The lowest BCUT2D eigenvalue weighted by Crippen LogP contribution is -2.41. The number of nitrogens with two attached hydrogens (primary N) is 1. The van der Waals surface area contributed by atoms with Crippen LogP contribution in [0.1, 0.15) is 56.8 Å². The van der Waals surface area contributed by atoms with Crippen LogP contribution in [0.4, 0.5) is 5.82 Å². The maximum Gasteiger partial charge on any atom is 0.293 e. The molecule has 0 spiro atoms. The van der Waals surface area contributed by atoms with Crippen molar-refractivity contribution in [2.24, 2.45) is 0 Å². The molecule has 6 rings (SSSR count). The van der Waals surface area contributed by atoms with Gasteiger partial charge in [-0.25, -0.2) is 24.6 Å². The Labute approximate surface area is 224 Å². The Morgan fingerprint density at radius 2 is 1.79 bits per heavy atom. The second kappa shape index (κ2) is 10.5. The van der Waals surface area contributed by atoms with E-state index in [9.17, 15) is 9.59 Å². The fourth-order valence-corrected chi connectivity index (χ4v) is 4.58. The van der Waals surface area contributed by atoms with E-state index in [1.54, 1.807) is 0 Å². The van der Waals surface area contributed by atoms with Crippen LogP contribution < -0.4 is 5.73 Å². The number of carbonyl (C=O) groups excluding carboxylic acids is 2. The van der Waals surface area contributed by atoms with Crippen molar-refractivity contribution in [1.82, 2.24) is 39.8 Å². The molecule has 1 saturated carbocycles. The minimum absolute atomic E-state index is 0.135. The third-order valence-corrected chi connectivity index (χ3v) is 6.68. The first kappa shape index (κ1) is 26.4. The number of anilines is 1. The van der Waals surface area contributed by atoms with Crippen LogP contribution in [-0.4, -0.2) is 79.3 Å². The molecular weight excluding hydrogens is 502 g/mol. The zero-order valence-corrected chi connectivity index (χ0v) is 22.4. The van der Waals surface area contributed by atoms with E-state index in [1.165, 1.54) is 6.33 Å². The number of hydrogen-bond donors (Lipinski definition) is 1. The van der Waals surface area contributed by atoms with Crippen LogP contribution in [0.3, 0.4) is 0 Å². The Kier molecular flexibility index (Phi) is 7.08. The van der Waals surface area contributed by atoms with Crippen molar-refractivity contribution in [1.29, 1.82) is 0 Å². The summed E-state index contributed by atoms with van der Waals surface area (Å²) in [5.74, 6) is 2.58. The van der Waals surface area contributed by atoms with E-state index >= 15 is 0 Å². The molecule has 0 amide bonds. The Balaban J connectivity index is 0.000000465. The fraction of sp³-hybridized carbons (Fsp3) is 0.462. The quantitative estimate of drug-likeness (QED) is 0.273. The second-order valence-corrected chi connectivity index (χ2v) is 10.8. The predicted molar refractivity (Wildman–Crippen MR) is 142 cm³/mol. The summed E-state index contributed by atoms with van der Waals surface area (Å²) in [7, 11) is 2.12. The average molecular weight is 534 g/mol. The lowest BCUT2D eigenvalue weighted by atomic mass is 9.94. The van der Waals surface area contributed by atoms with Crippen molar-refractivity contribution in [3.05, 3.63) is 30.0 Å². The van der Waals surface area contributed by atoms with E-state index in [4.69, 9.17) is 25.3 Å². The van der Waals surface area contributed by atoms with E-state index in [0.29, 0.717) is 52.2 Å². The molecule has 0 radical (unpaired) electrons. The summed E-state index contributed by atoms with van der Waals surface area (Å²) in [6.07, 6.45) is 7.96. The molecule has 13 nitrogen and oxygen atoms in total. The molecule has 2 fully saturated rings. The molecule has 2 aliphatic rings. The number of carbonyl (C=O) groups is 2. The molecule has 0 unspecified atom stereocenters. The van der Waals surface area contributed by atoms with E-state index in [2.05, 4.69) is 52.6 Å².